The first-order valence-electron chi connectivity index (χ1n) is 6.93. The Labute approximate surface area is 132 Å². The van der Waals surface area contributed by atoms with Crippen LogP contribution in [0.25, 0.3) is 11.0 Å². The predicted octanol–water partition coefficient (Wildman–Crippen LogP) is 5.50. The van der Waals surface area contributed by atoms with Crippen LogP contribution in [0.5, 0.6) is 0 Å². The number of benzene rings is 1. The number of alkyl halides is 1. The average Bonchev–Trinajstić information content (AvgIpc) is 2.72. The van der Waals surface area contributed by atoms with Gasteiger partial charge in [0.1, 0.15) is 11.6 Å². The highest BCUT2D eigenvalue weighted by Crippen LogP contribution is 2.25. The van der Waals surface area contributed by atoms with Crippen LogP contribution < -0.4 is 0 Å². The van der Waals surface area contributed by atoms with Crippen molar-refractivity contribution < 1.29 is 4.39 Å². The van der Waals surface area contributed by atoms with Gasteiger partial charge in [-0.25, -0.2) is 9.37 Å². The Hall–Kier alpha value is -0.610. The number of hydrogen-bond donors (Lipinski definition) is 0. The summed E-state index contributed by atoms with van der Waals surface area (Å²) >= 11 is 9.19. The first kappa shape index (κ1) is 15.8. The van der Waals surface area contributed by atoms with Crippen LogP contribution in [-0.4, -0.2) is 9.55 Å². The van der Waals surface area contributed by atoms with E-state index in [0.717, 1.165) is 30.2 Å². The minimum Gasteiger partial charge on any atom is -0.327 e. The molecule has 20 heavy (non-hydrogen) atoms. The van der Waals surface area contributed by atoms with E-state index in [1.165, 1.54) is 18.9 Å². The van der Waals surface area contributed by atoms with Gasteiger partial charge in [-0.1, -0.05) is 26.7 Å². The molecule has 0 fully saturated rings. The molecule has 0 saturated heterocycles. The molecule has 110 valence electrons. The van der Waals surface area contributed by atoms with Crippen LogP contribution in [0, 0.1) is 11.7 Å². The number of rotatable bonds is 6. The zero-order valence-electron chi connectivity index (χ0n) is 11.8. The SMILES string of the molecule is CC(C)CCCCn1c(CCl)nc2cc(F)c(Br)cc21. The van der Waals surface area contributed by atoms with E-state index in [1.807, 2.05) is 0 Å². The molecule has 0 saturated carbocycles. The summed E-state index contributed by atoms with van der Waals surface area (Å²) in [5.41, 5.74) is 1.61. The Kier molecular flexibility index (Phi) is 5.44. The van der Waals surface area contributed by atoms with Gasteiger partial charge in [-0.15, -0.1) is 11.6 Å². The van der Waals surface area contributed by atoms with Gasteiger partial charge < -0.3 is 4.57 Å². The van der Waals surface area contributed by atoms with Crippen molar-refractivity contribution in [3.63, 3.8) is 0 Å². The molecule has 0 unspecified atom stereocenters. The monoisotopic (exact) mass is 360 g/mol. The van der Waals surface area contributed by atoms with Crippen molar-refractivity contribution in [2.24, 2.45) is 5.92 Å². The first-order valence-corrected chi connectivity index (χ1v) is 8.25. The van der Waals surface area contributed by atoms with Crippen LogP contribution in [0.4, 0.5) is 4.39 Å². The Morgan fingerprint density at radius 3 is 2.75 bits per heavy atom. The minimum atomic E-state index is -0.289. The van der Waals surface area contributed by atoms with Gasteiger partial charge >= 0.3 is 0 Å². The molecule has 0 spiro atoms. The summed E-state index contributed by atoms with van der Waals surface area (Å²) in [6.45, 7) is 5.34. The molecule has 1 aromatic heterocycles. The van der Waals surface area contributed by atoms with Crippen LogP contribution in [0.3, 0.4) is 0 Å². The standard InChI is InChI=1S/C15H19BrClFN2/c1-10(2)5-3-4-6-20-14-7-11(16)12(18)8-13(14)19-15(20)9-17/h7-8,10H,3-6,9H2,1-2H3. The molecule has 0 amide bonds. The third kappa shape index (κ3) is 3.53. The molecule has 2 rings (SSSR count). The third-order valence-electron chi connectivity index (χ3n) is 3.40. The fourth-order valence-electron chi connectivity index (χ4n) is 2.34. The number of hydrogen-bond acceptors (Lipinski definition) is 1. The molecular formula is C15H19BrClFN2. The lowest BCUT2D eigenvalue weighted by atomic mass is 10.1. The predicted molar refractivity (Wildman–Crippen MR) is 85.6 cm³/mol. The van der Waals surface area contributed by atoms with E-state index in [4.69, 9.17) is 11.6 Å². The van der Waals surface area contributed by atoms with Gasteiger partial charge in [-0.3, -0.25) is 0 Å². The third-order valence-corrected chi connectivity index (χ3v) is 4.25. The summed E-state index contributed by atoms with van der Waals surface area (Å²) < 4.78 is 16.1. The van der Waals surface area contributed by atoms with Crippen molar-refractivity contribution in [2.45, 2.75) is 45.5 Å². The number of halogens is 3. The van der Waals surface area contributed by atoms with E-state index in [2.05, 4.69) is 39.3 Å². The second-order valence-corrected chi connectivity index (χ2v) is 6.58. The average molecular weight is 362 g/mol. The number of imidazole rings is 1. The molecule has 5 heteroatoms. The van der Waals surface area contributed by atoms with E-state index in [9.17, 15) is 4.39 Å². The molecule has 2 aromatic rings. The second-order valence-electron chi connectivity index (χ2n) is 5.46. The largest absolute Gasteiger partial charge is 0.327 e. The van der Waals surface area contributed by atoms with Gasteiger partial charge in [-0.05, 0) is 34.3 Å². The highest BCUT2D eigenvalue weighted by molar-refractivity contribution is 9.10. The van der Waals surface area contributed by atoms with Crippen LogP contribution in [0.2, 0.25) is 0 Å². The summed E-state index contributed by atoms with van der Waals surface area (Å²) in [5, 5.41) is 0. The number of aromatic nitrogens is 2. The van der Waals surface area contributed by atoms with Gasteiger partial charge in [-0.2, -0.15) is 0 Å². The van der Waals surface area contributed by atoms with E-state index in [1.54, 1.807) is 6.07 Å². The maximum absolute atomic E-state index is 13.6. The van der Waals surface area contributed by atoms with Crippen LogP contribution in [0.1, 0.15) is 38.9 Å². The molecule has 0 N–H and O–H groups in total. The molecule has 0 atom stereocenters. The smallest absolute Gasteiger partial charge is 0.139 e. The van der Waals surface area contributed by atoms with E-state index in [0.29, 0.717) is 15.9 Å². The summed E-state index contributed by atoms with van der Waals surface area (Å²) in [5.74, 6) is 1.59. The van der Waals surface area contributed by atoms with Crippen molar-refractivity contribution in [1.82, 2.24) is 9.55 Å². The lowest BCUT2D eigenvalue weighted by Gasteiger charge is -2.09. The summed E-state index contributed by atoms with van der Waals surface area (Å²) in [6.07, 6.45) is 3.49. The van der Waals surface area contributed by atoms with Crippen molar-refractivity contribution in [2.75, 3.05) is 0 Å². The van der Waals surface area contributed by atoms with Crippen molar-refractivity contribution in [1.29, 1.82) is 0 Å². The molecule has 0 radical (unpaired) electrons. The maximum Gasteiger partial charge on any atom is 0.139 e. The molecule has 0 aliphatic rings. The highest BCUT2D eigenvalue weighted by atomic mass is 79.9. The molecule has 1 aromatic carbocycles. The van der Waals surface area contributed by atoms with Crippen LogP contribution >= 0.6 is 27.5 Å². The highest BCUT2D eigenvalue weighted by Gasteiger charge is 2.12. The Balaban J connectivity index is 2.23. The van der Waals surface area contributed by atoms with E-state index >= 15 is 0 Å². The summed E-state index contributed by atoms with van der Waals surface area (Å²) in [4.78, 5) is 4.42. The molecule has 0 aliphatic carbocycles. The Morgan fingerprint density at radius 2 is 2.10 bits per heavy atom. The lowest BCUT2D eigenvalue weighted by Crippen LogP contribution is -2.03. The fourth-order valence-corrected chi connectivity index (χ4v) is 2.88. The van der Waals surface area contributed by atoms with Gasteiger partial charge in [0.25, 0.3) is 0 Å². The number of fused-ring (bicyclic) bond motifs is 1. The number of unbranched alkanes of at least 4 members (excludes halogenated alkanes) is 1. The normalized spacial score (nSPS) is 11.7. The van der Waals surface area contributed by atoms with E-state index < -0.39 is 0 Å². The fraction of sp³-hybridized carbons (Fsp3) is 0.533. The van der Waals surface area contributed by atoms with Crippen LogP contribution in [-0.2, 0) is 12.4 Å². The molecule has 0 bridgehead atoms. The van der Waals surface area contributed by atoms with Gasteiger partial charge in [0.2, 0.25) is 0 Å². The van der Waals surface area contributed by atoms with Gasteiger partial charge in [0, 0.05) is 12.6 Å². The van der Waals surface area contributed by atoms with Gasteiger partial charge in [0.05, 0.1) is 21.4 Å². The topological polar surface area (TPSA) is 17.8 Å². The van der Waals surface area contributed by atoms with Crippen molar-refractivity contribution in [3.8, 4) is 0 Å². The quantitative estimate of drug-likeness (QED) is 0.490. The molecule has 0 aliphatic heterocycles. The van der Waals surface area contributed by atoms with E-state index in [-0.39, 0.29) is 5.82 Å². The second kappa shape index (κ2) is 6.90. The Morgan fingerprint density at radius 1 is 1.35 bits per heavy atom. The summed E-state index contributed by atoms with van der Waals surface area (Å²) in [6, 6.07) is 3.25. The zero-order chi connectivity index (χ0) is 14.7. The number of aryl methyl sites for hydroxylation is 1. The molecular weight excluding hydrogens is 343 g/mol. The molecule has 2 nitrogen and oxygen atoms in total. The minimum absolute atomic E-state index is 0.289. The number of nitrogens with zero attached hydrogens (tertiary/aromatic N) is 2. The Bertz CT molecular complexity index is 595. The van der Waals surface area contributed by atoms with Crippen molar-refractivity contribution in [3.05, 3.63) is 28.2 Å². The maximum atomic E-state index is 13.6. The zero-order valence-corrected chi connectivity index (χ0v) is 14.1. The van der Waals surface area contributed by atoms with Crippen LogP contribution in [0.15, 0.2) is 16.6 Å². The summed E-state index contributed by atoms with van der Waals surface area (Å²) in [7, 11) is 0. The first-order chi connectivity index (χ1) is 9.52. The van der Waals surface area contributed by atoms with Crippen molar-refractivity contribution >= 4 is 38.6 Å². The molecule has 1 heterocycles. The van der Waals surface area contributed by atoms with Gasteiger partial charge in [0.15, 0.2) is 0 Å². The lowest BCUT2D eigenvalue weighted by molar-refractivity contribution is 0.509.